The Morgan fingerprint density at radius 1 is 1.41 bits per heavy atom. The molecule has 1 aliphatic heterocycles. The van der Waals surface area contributed by atoms with E-state index in [9.17, 15) is 0 Å². The molecule has 1 aromatic rings. The van der Waals surface area contributed by atoms with E-state index < -0.39 is 0 Å². The molecular formula is C13H19BrN2O. The molecule has 1 unspecified atom stereocenters. The Labute approximate surface area is 111 Å². The molecule has 2 rings (SSSR count). The van der Waals surface area contributed by atoms with Gasteiger partial charge < -0.3 is 15.3 Å². The zero-order valence-electron chi connectivity index (χ0n) is 9.90. The molecule has 1 atom stereocenters. The van der Waals surface area contributed by atoms with E-state index in [1.165, 1.54) is 5.69 Å². The number of anilines is 1. The van der Waals surface area contributed by atoms with Crippen molar-refractivity contribution in [1.82, 2.24) is 5.32 Å². The highest BCUT2D eigenvalue weighted by atomic mass is 79.9. The van der Waals surface area contributed by atoms with E-state index in [-0.39, 0.29) is 6.61 Å². The second-order valence-electron chi connectivity index (χ2n) is 4.41. The van der Waals surface area contributed by atoms with Crippen LogP contribution < -0.4 is 10.2 Å². The number of halogens is 1. The fourth-order valence-corrected chi connectivity index (χ4v) is 2.81. The van der Waals surface area contributed by atoms with Gasteiger partial charge in [0.2, 0.25) is 0 Å². The number of hydrogen-bond acceptors (Lipinski definition) is 3. The number of nitrogens with zero attached hydrogens (tertiary/aromatic N) is 1. The Morgan fingerprint density at radius 3 is 3.00 bits per heavy atom. The maximum Gasteiger partial charge on any atom is 0.0511 e. The lowest BCUT2D eigenvalue weighted by Crippen LogP contribution is -2.38. The zero-order chi connectivity index (χ0) is 12.1. The monoisotopic (exact) mass is 298 g/mol. The third-order valence-electron chi connectivity index (χ3n) is 3.15. The van der Waals surface area contributed by atoms with Gasteiger partial charge in [-0.25, -0.2) is 0 Å². The van der Waals surface area contributed by atoms with Crippen molar-refractivity contribution in [3.05, 3.63) is 28.7 Å². The number of benzene rings is 1. The first-order chi connectivity index (χ1) is 8.31. The molecule has 0 aromatic heterocycles. The van der Waals surface area contributed by atoms with Gasteiger partial charge in [-0.15, -0.1) is 0 Å². The molecule has 0 bridgehead atoms. The van der Waals surface area contributed by atoms with E-state index in [1.807, 2.05) is 6.07 Å². The fourth-order valence-electron chi connectivity index (χ4n) is 2.27. The molecule has 1 fully saturated rings. The van der Waals surface area contributed by atoms with Gasteiger partial charge in [-0.05, 0) is 47.4 Å². The van der Waals surface area contributed by atoms with Crippen molar-refractivity contribution in [2.24, 2.45) is 0 Å². The van der Waals surface area contributed by atoms with Crippen molar-refractivity contribution in [3.63, 3.8) is 0 Å². The van der Waals surface area contributed by atoms with Crippen LogP contribution in [0.15, 0.2) is 28.7 Å². The van der Waals surface area contributed by atoms with Crippen molar-refractivity contribution in [1.29, 1.82) is 0 Å². The van der Waals surface area contributed by atoms with Crippen molar-refractivity contribution >= 4 is 21.6 Å². The summed E-state index contributed by atoms with van der Waals surface area (Å²) in [4.78, 5) is 2.39. The smallest absolute Gasteiger partial charge is 0.0511 e. The average Bonchev–Trinajstić information content (AvgIpc) is 2.56. The van der Waals surface area contributed by atoms with Crippen LogP contribution >= 0.6 is 15.9 Å². The highest BCUT2D eigenvalue weighted by Crippen LogP contribution is 2.26. The lowest BCUT2D eigenvalue weighted by atomic mass is 10.2. The first-order valence-corrected chi connectivity index (χ1v) is 6.94. The maximum absolute atomic E-state index is 9.05. The van der Waals surface area contributed by atoms with Gasteiger partial charge in [0.05, 0.1) is 5.69 Å². The Hall–Kier alpha value is -0.580. The topological polar surface area (TPSA) is 35.5 Å². The molecule has 0 aliphatic carbocycles. The predicted molar refractivity (Wildman–Crippen MR) is 74.5 cm³/mol. The van der Waals surface area contributed by atoms with Crippen LogP contribution in [0.3, 0.4) is 0 Å². The summed E-state index contributed by atoms with van der Waals surface area (Å²) in [6.07, 6.45) is 1.96. The van der Waals surface area contributed by atoms with E-state index in [1.54, 1.807) is 0 Å². The third-order valence-corrected chi connectivity index (χ3v) is 3.82. The van der Waals surface area contributed by atoms with Gasteiger partial charge in [-0.1, -0.05) is 12.1 Å². The summed E-state index contributed by atoms with van der Waals surface area (Å²) in [6, 6.07) is 8.71. The van der Waals surface area contributed by atoms with Crippen LogP contribution in [0, 0.1) is 0 Å². The minimum absolute atomic E-state index is 0.251. The highest BCUT2D eigenvalue weighted by Gasteiger charge is 2.18. The number of rotatable bonds is 3. The SMILES string of the molecule is OCCC1CN(c2ccccc2Br)CCCN1. The van der Waals surface area contributed by atoms with E-state index in [0.29, 0.717) is 6.04 Å². The third kappa shape index (κ3) is 3.44. The first-order valence-electron chi connectivity index (χ1n) is 6.15. The number of aliphatic hydroxyl groups excluding tert-OH is 1. The summed E-state index contributed by atoms with van der Waals surface area (Å²) < 4.78 is 1.14. The van der Waals surface area contributed by atoms with Gasteiger partial charge in [-0.3, -0.25) is 0 Å². The lowest BCUT2D eigenvalue weighted by molar-refractivity contribution is 0.267. The van der Waals surface area contributed by atoms with E-state index in [0.717, 1.165) is 36.9 Å². The average molecular weight is 299 g/mol. The van der Waals surface area contributed by atoms with Gasteiger partial charge in [-0.2, -0.15) is 0 Å². The summed E-state index contributed by atoms with van der Waals surface area (Å²) in [6.45, 7) is 3.31. The predicted octanol–water partition coefficient (Wildman–Crippen LogP) is 2.00. The Kier molecular flexibility index (Phi) is 4.83. The molecule has 94 valence electrons. The summed E-state index contributed by atoms with van der Waals surface area (Å²) in [5.41, 5.74) is 1.25. The lowest BCUT2D eigenvalue weighted by Gasteiger charge is -2.27. The van der Waals surface area contributed by atoms with Crippen molar-refractivity contribution in [2.45, 2.75) is 18.9 Å². The quantitative estimate of drug-likeness (QED) is 0.896. The van der Waals surface area contributed by atoms with Crippen LogP contribution in [0.1, 0.15) is 12.8 Å². The molecule has 0 amide bonds. The van der Waals surface area contributed by atoms with Crippen LogP contribution in [0.5, 0.6) is 0 Å². The number of nitrogens with one attached hydrogen (secondary N) is 1. The molecule has 4 heteroatoms. The molecule has 17 heavy (non-hydrogen) atoms. The molecule has 2 N–H and O–H groups in total. The van der Waals surface area contributed by atoms with Crippen LogP contribution in [0.4, 0.5) is 5.69 Å². The largest absolute Gasteiger partial charge is 0.396 e. The number of aliphatic hydroxyl groups is 1. The van der Waals surface area contributed by atoms with Crippen LogP contribution in [-0.2, 0) is 0 Å². The van der Waals surface area contributed by atoms with Crippen molar-refractivity contribution in [3.8, 4) is 0 Å². The van der Waals surface area contributed by atoms with Crippen LogP contribution in [0.25, 0.3) is 0 Å². The van der Waals surface area contributed by atoms with Crippen LogP contribution in [-0.4, -0.2) is 37.4 Å². The van der Waals surface area contributed by atoms with E-state index in [2.05, 4.69) is 44.3 Å². The second-order valence-corrected chi connectivity index (χ2v) is 5.27. The molecule has 0 spiro atoms. The molecule has 3 nitrogen and oxygen atoms in total. The van der Waals surface area contributed by atoms with Crippen LogP contribution in [0.2, 0.25) is 0 Å². The zero-order valence-corrected chi connectivity index (χ0v) is 11.5. The summed E-state index contributed by atoms with van der Waals surface area (Å²) in [5, 5.41) is 12.5. The normalized spacial score (nSPS) is 21.3. The molecule has 1 aliphatic rings. The van der Waals surface area contributed by atoms with Gasteiger partial charge >= 0.3 is 0 Å². The van der Waals surface area contributed by atoms with E-state index >= 15 is 0 Å². The molecule has 1 saturated heterocycles. The Bertz CT molecular complexity index is 359. The van der Waals surface area contributed by atoms with Crippen molar-refractivity contribution in [2.75, 3.05) is 31.1 Å². The standard InChI is InChI=1S/C13H19BrN2O/c14-12-4-1-2-5-13(12)16-8-3-7-15-11(10-16)6-9-17/h1-2,4-5,11,15,17H,3,6-10H2. The molecule has 1 heterocycles. The minimum atomic E-state index is 0.251. The van der Waals surface area contributed by atoms with Gasteiger partial charge in [0, 0.05) is 30.2 Å². The summed E-state index contributed by atoms with van der Waals surface area (Å²) in [7, 11) is 0. The Balaban J connectivity index is 2.11. The molecule has 0 radical (unpaired) electrons. The second kappa shape index (κ2) is 6.38. The summed E-state index contributed by atoms with van der Waals surface area (Å²) in [5.74, 6) is 0. The van der Waals surface area contributed by atoms with Crippen molar-refractivity contribution < 1.29 is 5.11 Å². The van der Waals surface area contributed by atoms with Gasteiger partial charge in [0.15, 0.2) is 0 Å². The molecule has 1 aromatic carbocycles. The highest BCUT2D eigenvalue weighted by molar-refractivity contribution is 9.10. The maximum atomic E-state index is 9.05. The number of hydrogen-bond donors (Lipinski definition) is 2. The fraction of sp³-hybridized carbons (Fsp3) is 0.538. The Morgan fingerprint density at radius 2 is 2.24 bits per heavy atom. The minimum Gasteiger partial charge on any atom is -0.396 e. The van der Waals surface area contributed by atoms with Gasteiger partial charge in [0.1, 0.15) is 0 Å². The molecular weight excluding hydrogens is 280 g/mol. The molecule has 0 saturated carbocycles. The summed E-state index contributed by atoms with van der Waals surface area (Å²) >= 11 is 3.60. The van der Waals surface area contributed by atoms with Gasteiger partial charge in [0.25, 0.3) is 0 Å². The van der Waals surface area contributed by atoms with E-state index in [4.69, 9.17) is 5.11 Å². The first kappa shape index (κ1) is 12.9. The number of para-hydroxylation sites is 1.